The molecule has 2 aliphatic rings. The number of fused-ring (bicyclic) bond motifs is 1. The van der Waals surface area contributed by atoms with Gasteiger partial charge in [-0.3, -0.25) is 15.0 Å². The van der Waals surface area contributed by atoms with Crippen LogP contribution < -0.4 is 16.5 Å². The van der Waals surface area contributed by atoms with Crippen molar-refractivity contribution >= 4 is 28.9 Å². The van der Waals surface area contributed by atoms with Gasteiger partial charge < -0.3 is 11.1 Å². The number of rotatable bonds is 2. The van der Waals surface area contributed by atoms with Gasteiger partial charge >= 0.3 is 0 Å². The number of benzene rings is 1. The van der Waals surface area contributed by atoms with Crippen molar-refractivity contribution in [2.24, 2.45) is 5.73 Å². The van der Waals surface area contributed by atoms with E-state index in [0.717, 1.165) is 5.01 Å². The monoisotopic (exact) mass is 339 g/mol. The smallest absolute Gasteiger partial charge is 0.227 e. The number of thiocarbonyl (C=S) groups is 1. The number of carbonyl (C=O) groups is 2. The Morgan fingerprint density at radius 3 is 2.50 bits per heavy atom. The van der Waals surface area contributed by atoms with E-state index in [9.17, 15) is 14.9 Å². The largest absolute Gasteiger partial charge is 0.383 e. The zero-order valence-corrected chi connectivity index (χ0v) is 13.3. The third-order valence-corrected chi connectivity index (χ3v) is 4.31. The average molecular weight is 339 g/mol. The minimum Gasteiger partial charge on any atom is -0.383 e. The number of hydrogen-bond donors (Lipinski definition) is 3. The van der Waals surface area contributed by atoms with Crippen molar-refractivity contribution in [1.29, 1.82) is 5.26 Å². The van der Waals surface area contributed by atoms with Gasteiger partial charge in [-0.2, -0.15) is 5.26 Å². The molecule has 0 aromatic heterocycles. The van der Waals surface area contributed by atoms with Crippen LogP contribution in [0.4, 0.5) is 0 Å². The van der Waals surface area contributed by atoms with E-state index < -0.39 is 17.1 Å². The minimum absolute atomic E-state index is 0.0672. The molecule has 7 nitrogen and oxygen atoms in total. The second kappa shape index (κ2) is 5.47. The first kappa shape index (κ1) is 15.7. The van der Waals surface area contributed by atoms with E-state index in [2.05, 4.69) is 17.3 Å². The maximum atomic E-state index is 13.1. The number of ketones is 2. The fraction of sp³-hybridized carbons (Fsp3) is 0.125. The Morgan fingerprint density at radius 2 is 2.00 bits per heavy atom. The summed E-state index contributed by atoms with van der Waals surface area (Å²) in [6, 6.07) is 8.29. The maximum Gasteiger partial charge on any atom is 0.227 e. The van der Waals surface area contributed by atoms with Crippen LogP contribution in [0.3, 0.4) is 0 Å². The summed E-state index contributed by atoms with van der Waals surface area (Å²) in [6.07, 6.45) is 1.57. The summed E-state index contributed by atoms with van der Waals surface area (Å²) >= 11 is 5.27. The summed E-state index contributed by atoms with van der Waals surface area (Å²) in [7, 11) is 0. The van der Waals surface area contributed by atoms with Gasteiger partial charge in [0.25, 0.3) is 0 Å². The summed E-state index contributed by atoms with van der Waals surface area (Å²) in [5.41, 5.74) is 6.95. The molecule has 1 spiro atoms. The third kappa shape index (κ3) is 1.79. The van der Waals surface area contributed by atoms with Crippen molar-refractivity contribution in [1.82, 2.24) is 15.8 Å². The first-order valence-corrected chi connectivity index (χ1v) is 7.45. The van der Waals surface area contributed by atoms with Gasteiger partial charge in [-0.25, -0.2) is 5.01 Å². The fourth-order valence-electron chi connectivity index (χ4n) is 2.95. The molecule has 0 saturated heterocycles. The highest BCUT2D eigenvalue weighted by Crippen LogP contribution is 2.42. The van der Waals surface area contributed by atoms with E-state index >= 15 is 0 Å². The minimum atomic E-state index is -1.91. The van der Waals surface area contributed by atoms with Crippen LogP contribution in [-0.4, -0.2) is 33.8 Å². The van der Waals surface area contributed by atoms with Gasteiger partial charge in [-0.1, -0.05) is 30.3 Å². The Balaban J connectivity index is 2.19. The van der Waals surface area contributed by atoms with Gasteiger partial charge in [0, 0.05) is 17.7 Å². The maximum absolute atomic E-state index is 13.1. The molecule has 24 heavy (non-hydrogen) atoms. The third-order valence-electron chi connectivity index (χ3n) is 3.98. The van der Waals surface area contributed by atoms with Crippen molar-refractivity contribution in [3.05, 3.63) is 59.4 Å². The second-order valence-electron chi connectivity index (χ2n) is 5.24. The SMILES string of the molecule is C=CCNC(=S)N1NC(N)=C(C#N)C12C(=O)c1ccccc1C2=O. The molecule has 0 radical (unpaired) electrons. The summed E-state index contributed by atoms with van der Waals surface area (Å²) in [4.78, 5) is 26.2. The van der Waals surface area contributed by atoms with E-state index in [0.29, 0.717) is 6.54 Å². The van der Waals surface area contributed by atoms with E-state index in [1.165, 1.54) is 0 Å². The lowest BCUT2D eigenvalue weighted by atomic mass is 9.85. The molecule has 4 N–H and O–H groups in total. The summed E-state index contributed by atoms with van der Waals surface area (Å²) in [5.74, 6) is -1.14. The predicted octanol–water partition coefficient (Wildman–Crippen LogP) is 0.379. The number of nitrogens with one attached hydrogen (secondary N) is 2. The Morgan fingerprint density at radius 1 is 1.42 bits per heavy atom. The molecule has 0 unspecified atom stereocenters. The van der Waals surface area contributed by atoms with Crippen LogP contribution in [0.2, 0.25) is 0 Å². The van der Waals surface area contributed by atoms with E-state index in [1.54, 1.807) is 30.3 Å². The quantitative estimate of drug-likeness (QED) is 0.403. The van der Waals surface area contributed by atoms with Crippen LogP contribution in [-0.2, 0) is 0 Å². The zero-order valence-electron chi connectivity index (χ0n) is 12.5. The Labute approximate surface area is 143 Å². The lowest BCUT2D eigenvalue weighted by molar-refractivity contribution is 0.0685. The van der Waals surface area contributed by atoms with Crippen LogP contribution >= 0.6 is 12.2 Å². The number of Topliss-reactive ketones (excluding diaryl/α,β-unsaturated/α-hetero) is 2. The highest BCUT2D eigenvalue weighted by Gasteiger charge is 2.64. The molecule has 1 heterocycles. The van der Waals surface area contributed by atoms with Gasteiger partial charge in [0.1, 0.15) is 17.5 Å². The van der Waals surface area contributed by atoms with E-state index in [-0.39, 0.29) is 27.6 Å². The van der Waals surface area contributed by atoms with Crippen LogP contribution in [0.1, 0.15) is 20.7 Å². The van der Waals surface area contributed by atoms with E-state index in [4.69, 9.17) is 18.0 Å². The zero-order chi connectivity index (χ0) is 17.5. The molecule has 0 saturated carbocycles. The van der Waals surface area contributed by atoms with E-state index in [1.807, 2.05) is 6.07 Å². The molecule has 8 heteroatoms. The summed E-state index contributed by atoms with van der Waals surface area (Å²) in [5, 5.41) is 13.6. The van der Waals surface area contributed by atoms with Crippen LogP contribution in [0, 0.1) is 11.3 Å². The first-order chi connectivity index (χ1) is 11.5. The Bertz CT molecular complexity index is 832. The Kier molecular flexibility index (Phi) is 3.58. The highest BCUT2D eigenvalue weighted by molar-refractivity contribution is 7.80. The average Bonchev–Trinajstić information content (AvgIpc) is 3.01. The molecule has 3 rings (SSSR count). The lowest BCUT2D eigenvalue weighted by Crippen LogP contribution is -2.62. The first-order valence-electron chi connectivity index (χ1n) is 7.04. The normalized spacial score (nSPS) is 17.5. The van der Waals surface area contributed by atoms with Crippen molar-refractivity contribution < 1.29 is 9.59 Å². The molecule has 120 valence electrons. The van der Waals surface area contributed by atoms with Gasteiger partial charge in [-0.15, -0.1) is 6.58 Å². The van der Waals surface area contributed by atoms with Crippen LogP contribution in [0.15, 0.2) is 48.3 Å². The van der Waals surface area contributed by atoms with Crippen molar-refractivity contribution in [2.45, 2.75) is 5.54 Å². The van der Waals surface area contributed by atoms with Gasteiger partial charge in [-0.05, 0) is 12.2 Å². The number of nitrogens with two attached hydrogens (primary N) is 1. The second-order valence-corrected chi connectivity index (χ2v) is 5.62. The molecule has 1 aromatic rings. The molecular formula is C16H13N5O2S. The van der Waals surface area contributed by atoms with Gasteiger partial charge in [0.2, 0.25) is 17.1 Å². The van der Waals surface area contributed by atoms with Gasteiger partial charge in [0.05, 0.1) is 0 Å². The number of hydrazine groups is 1. The number of carbonyl (C=O) groups excluding carboxylic acids is 2. The fourth-order valence-corrected chi connectivity index (χ4v) is 3.22. The number of hydrogen-bond acceptors (Lipinski definition) is 6. The molecule has 1 aromatic carbocycles. The van der Waals surface area contributed by atoms with Gasteiger partial charge in [0.15, 0.2) is 5.11 Å². The van der Waals surface area contributed by atoms with Crippen molar-refractivity contribution in [3.8, 4) is 6.07 Å². The van der Waals surface area contributed by atoms with Crippen molar-refractivity contribution in [2.75, 3.05) is 6.54 Å². The van der Waals surface area contributed by atoms with Crippen LogP contribution in [0.25, 0.3) is 0 Å². The topological polar surface area (TPSA) is 111 Å². The highest BCUT2D eigenvalue weighted by atomic mass is 32.1. The molecular weight excluding hydrogens is 326 g/mol. The molecule has 1 aliphatic carbocycles. The number of nitriles is 1. The summed E-state index contributed by atoms with van der Waals surface area (Å²) < 4.78 is 0. The lowest BCUT2D eigenvalue weighted by Gasteiger charge is -2.33. The standard InChI is InChI=1S/C16H13N5O2S/c1-2-7-19-15(24)21-16(11(8-17)14(18)20-21)12(22)9-5-3-4-6-10(9)13(16)23/h2-6,20H,1,7,18H2,(H,19,24). The summed E-state index contributed by atoms with van der Waals surface area (Å²) in [6.45, 7) is 3.90. The molecule has 1 aliphatic heterocycles. The number of nitrogens with zero attached hydrogens (tertiary/aromatic N) is 2. The molecule has 0 atom stereocenters. The van der Waals surface area contributed by atoms with Crippen LogP contribution in [0.5, 0.6) is 0 Å². The van der Waals surface area contributed by atoms with Crippen molar-refractivity contribution in [3.63, 3.8) is 0 Å². The molecule has 0 fully saturated rings. The Hall–Kier alpha value is -3.18. The molecule has 0 amide bonds. The molecule has 0 bridgehead atoms. The predicted molar refractivity (Wildman–Crippen MR) is 90.4 cm³/mol.